The highest BCUT2D eigenvalue weighted by atomic mass is 16.7. The first kappa shape index (κ1) is 39.8. The van der Waals surface area contributed by atoms with E-state index < -0.39 is 6.29 Å². The zero-order valence-electron chi connectivity index (χ0n) is 32.5. The molecule has 5 aromatic rings. The summed E-state index contributed by atoms with van der Waals surface area (Å²) >= 11 is 0. The van der Waals surface area contributed by atoms with Crippen LogP contribution >= 0.6 is 0 Å². The molecule has 0 aromatic heterocycles. The number of likely N-dealkylation sites (N-methyl/N-ethyl adjacent to an activating group) is 1. The molecule has 0 spiro atoms. The van der Waals surface area contributed by atoms with Crippen LogP contribution in [0.2, 0.25) is 0 Å². The molecular formula is C47H55N3O5. The summed E-state index contributed by atoms with van der Waals surface area (Å²) in [7, 11) is 2.16. The van der Waals surface area contributed by atoms with Crippen LogP contribution in [0.25, 0.3) is 21.9 Å². The van der Waals surface area contributed by atoms with E-state index in [0.717, 1.165) is 59.2 Å². The van der Waals surface area contributed by atoms with Gasteiger partial charge in [0.1, 0.15) is 0 Å². The lowest BCUT2D eigenvalue weighted by Crippen LogP contribution is -2.44. The number of nitrogens with one attached hydrogen (secondary N) is 2. The number of fused-ring (bicyclic) bond motifs is 1. The van der Waals surface area contributed by atoms with E-state index in [9.17, 15) is 14.7 Å². The molecule has 5 atom stereocenters. The molecule has 8 nitrogen and oxygen atoms in total. The lowest BCUT2D eigenvalue weighted by atomic mass is 9.89. The third kappa shape index (κ3) is 10.7. The number of aliphatic hydroxyl groups is 1. The van der Waals surface area contributed by atoms with Crippen LogP contribution < -0.4 is 10.6 Å². The van der Waals surface area contributed by atoms with Crippen LogP contribution in [0.3, 0.4) is 0 Å². The highest BCUT2D eigenvalue weighted by Crippen LogP contribution is 2.42. The number of unbranched alkanes of at least 4 members (excludes halogenated alkanes) is 2. The maximum absolute atomic E-state index is 12.5. The van der Waals surface area contributed by atoms with Crippen LogP contribution in [-0.4, -0.2) is 48.1 Å². The van der Waals surface area contributed by atoms with Crippen molar-refractivity contribution < 1.29 is 24.2 Å². The van der Waals surface area contributed by atoms with Crippen LogP contribution in [0.1, 0.15) is 92.7 Å². The average molecular weight is 742 g/mol. The summed E-state index contributed by atoms with van der Waals surface area (Å²) in [6, 6.07) is 40.0. The summed E-state index contributed by atoms with van der Waals surface area (Å²) in [5, 5.41) is 18.0. The first-order chi connectivity index (χ1) is 26.7. The number of ether oxygens (including phenoxy) is 2. The lowest BCUT2D eigenvalue weighted by molar-refractivity contribution is -0.276. The fourth-order valence-electron chi connectivity index (χ4n) is 7.33. The topological polar surface area (TPSA) is 100 Å². The van der Waals surface area contributed by atoms with Crippen molar-refractivity contribution in [2.75, 3.05) is 20.1 Å². The summed E-state index contributed by atoms with van der Waals surface area (Å²) in [6.07, 6.45) is 2.17. The first-order valence-corrected chi connectivity index (χ1v) is 19.6. The van der Waals surface area contributed by atoms with Crippen molar-refractivity contribution >= 4 is 22.6 Å². The molecule has 1 aliphatic rings. The van der Waals surface area contributed by atoms with Gasteiger partial charge in [-0.15, -0.1) is 0 Å². The molecule has 5 aromatic carbocycles. The quantitative estimate of drug-likeness (QED) is 0.0875. The van der Waals surface area contributed by atoms with Crippen LogP contribution in [0.5, 0.6) is 0 Å². The van der Waals surface area contributed by atoms with Gasteiger partial charge in [-0.25, -0.2) is 0 Å². The molecule has 0 saturated carbocycles. The van der Waals surface area contributed by atoms with Crippen LogP contribution in [0, 0.1) is 5.92 Å². The Morgan fingerprint density at radius 3 is 2.25 bits per heavy atom. The van der Waals surface area contributed by atoms with E-state index in [-0.39, 0.29) is 42.6 Å². The highest BCUT2D eigenvalue weighted by molar-refractivity contribution is 5.83. The van der Waals surface area contributed by atoms with Gasteiger partial charge in [-0.05, 0) is 83.1 Å². The van der Waals surface area contributed by atoms with Gasteiger partial charge in [0.25, 0.3) is 0 Å². The summed E-state index contributed by atoms with van der Waals surface area (Å²) in [5.74, 6) is 0.0798. The summed E-state index contributed by atoms with van der Waals surface area (Å²) in [6.45, 7) is 7.80. The molecule has 5 unspecified atom stereocenters. The van der Waals surface area contributed by atoms with Crippen molar-refractivity contribution in [1.29, 1.82) is 0 Å². The standard InChI is InChI=1S/C47H55N3O5/c1-32-44(30-50(4)33(2)41-25-22-37-12-7-8-13-43(37)28-41)54-47(55-46(32)39-18-16-35(31-51)17-19-39)40-23-20-38(21-24-40)42-14-10-11-36(27-42)29-49-45(53)15-6-5-9-26-48-34(3)52/h7-8,10-14,16-25,27-28,32-33,44,46-47,51H,5-6,9,15,26,29-31H2,1-4H3,(H,48,52)(H,49,53). The second kappa shape index (κ2) is 19.1. The Morgan fingerprint density at radius 1 is 0.764 bits per heavy atom. The normalized spacial score (nSPS) is 18.9. The fourth-order valence-corrected chi connectivity index (χ4v) is 7.33. The zero-order chi connectivity index (χ0) is 38.7. The molecule has 1 aliphatic heterocycles. The van der Waals surface area contributed by atoms with Crippen molar-refractivity contribution in [2.24, 2.45) is 5.92 Å². The first-order valence-electron chi connectivity index (χ1n) is 19.6. The Labute approximate surface area is 325 Å². The molecule has 3 N–H and O–H groups in total. The Kier molecular flexibility index (Phi) is 13.9. The Hall–Kier alpha value is -4.86. The third-order valence-corrected chi connectivity index (χ3v) is 10.9. The minimum absolute atomic E-state index is 0.000100. The number of amides is 2. The smallest absolute Gasteiger partial charge is 0.220 e. The number of carbonyl (C=O) groups is 2. The van der Waals surface area contributed by atoms with Gasteiger partial charge < -0.3 is 25.2 Å². The minimum atomic E-state index is -0.561. The molecule has 0 aliphatic carbocycles. The van der Waals surface area contributed by atoms with Gasteiger partial charge in [-0.1, -0.05) is 116 Å². The average Bonchev–Trinajstić information content (AvgIpc) is 3.21. The molecule has 1 saturated heterocycles. The van der Waals surface area contributed by atoms with Crippen molar-refractivity contribution in [3.05, 3.63) is 143 Å². The molecule has 8 heteroatoms. The maximum atomic E-state index is 12.5. The summed E-state index contributed by atoms with van der Waals surface area (Å²) in [4.78, 5) is 25.8. The van der Waals surface area contributed by atoms with E-state index in [0.29, 0.717) is 19.5 Å². The van der Waals surface area contributed by atoms with Gasteiger partial charge in [0.15, 0.2) is 6.29 Å². The summed E-state index contributed by atoms with van der Waals surface area (Å²) < 4.78 is 13.6. The number of nitrogens with zero attached hydrogens (tertiary/aromatic N) is 1. The van der Waals surface area contributed by atoms with E-state index in [4.69, 9.17) is 9.47 Å². The zero-order valence-corrected chi connectivity index (χ0v) is 32.5. The van der Waals surface area contributed by atoms with Gasteiger partial charge in [0, 0.05) is 50.5 Å². The van der Waals surface area contributed by atoms with Gasteiger partial charge >= 0.3 is 0 Å². The Bertz CT molecular complexity index is 2010. The maximum Gasteiger partial charge on any atom is 0.220 e. The number of carbonyl (C=O) groups excluding carboxylic acids is 2. The van der Waals surface area contributed by atoms with Gasteiger partial charge in [-0.3, -0.25) is 14.5 Å². The predicted octanol–water partition coefficient (Wildman–Crippen LogP) is 8.80. The van der Waals surface area contributed by atoms with Crippen molar-refractivity contribution in [2.45, 2.75) is 84.1 Å². The predicted molar refractivity (Wildman–Crippen MR) is 219 cm³/mol. The van der Waals surface area contributed by atoms with Gasteiger partial charge in [-0.2, -0.15) is 0 Å². The third-order valence-electron chi connectivity index (χ3n) is 10.9. The molecule has 0 radical (unpaired) electrons. The SMILES string of the molecule is CC(=O)NCCCCCC(=O)NCc1cccc(-c2ccc(C3OC(CN(C)C(C)c4ccc5ccccc5c4)C(C)C(c4ccc(CO)cc4)O3)cc2)c1. The number of aliphatic hydroxyl groups excluding tert-OH is 1. The molecule has 55 heavy (non-hydrogen) atoms. The fraction of sp³-hybridized carbons (Fsp3) is 0.362. The lowest BCUT2D eigenvalue weighted by Gasteiger charge is -2.43. The van der Waals surface area contributed by atoms with Gasteiger partial charge in [0.05, 0.1) is 18.8 Å². The van der Waals surface area contributed by atoms with Crippen LogP contribution in [-0.2, 0) is 32.2 Å². The minimum Gasteiger partial charge on any atom is -0.392 e. The van der Waals surface area contributed by atoms with E-state index in [1.165, 1.54) is 23.3 Å². The van der Waals surface area contributed by atoms with Crippen LogP contribution in [0.15, 0.2) is 115 Å². The highest BCUT2D eigenvalue weighted by Gasteiger charge is 2.39. The molecule has 6 rings (SSSR count). The molecule has 288 valence electrons. The Morgan fingerprint density at radius 2 is 1.51 bits per heavy atom. The van der Waals surface area contributed by atoms with E-state index in [1.807, 2.05) is 24.3 Å². The second-order valence-corrected chi connectivity index (χ2v) is 14.9. The van der Waals surface area contributed by atoms with Crippen molar-refractivity contribution in [1.82, 2.24) is 15.5 Å². The Balaban J connectivity index is 1.12. The largest absolute Gasteiger partial charge is 0.392 e. The summed E-state index contributed by atoms with van der Waals surface area (Å²) in [5.41, 5.74) is 7.32. The number of rotatable bonds is 16. The van der Waals surface area contributed by atoms with Gasteiger partial charge in [0.2, 0.25) is 11.8 Å². The number of hydrogen-bond acceptors (Lipinski definition) is 6. The van der Waals surface area contributed by atoms with Crippen LogP contribution in [0.4, 0.5) is 0 Å². The van der Waals surface area contributed by atoms with E-state index in [1.54, 1.807) is 0 Å². The second-order valence-electron chi connectivity index (χ2n) is 14.9. The molecular weight excluding hydrogens is 687 g/mol. The molecule has 2 amide bonds. The monoisotopic (exact) mass is 741 g/mol. The van der Waals surface area contributed by atoms with Crippen molar-refractivity contribution in [3.63, 3.8) is 0 Å². The van der Waals surface area contributed by atoms with Crippen molar-refractivity contribution in [3.8, 4) is 11.1 Å². The molecule has 1 heterocycles. The number of benzene rings is 5. The van der Waals surface area contributed by atoms with E-state index in [2.05, 4.69) is 127 Å². The van der Waals surface area contributed by atoms with E-state index >= 15 is 0 Å². The molecule has 0 bridgehead atoms. The molecule has 1 fully saturated rings. The number of hydrogen-bond donors (Lipinski definition) is 3.